The summed E-state index contributed by atoms with van der Waals surface area (Å²) in [6.45, 7) is 0.760. The van der Waals surface area contributed by atoms with Crippen molar-refractivity contribution in [2.24, 2.45) is 0 Å². The Balaban J connectivity index is 1.75. The summed E-state index contributed by atoms with van der Waals surface area (Å²) in [5.74, 6) is -3.05. The van der Waals surface area contributed by atoms with Gasteiger partial charge in [-0.1, -0.05) is 35.5 Å². The van der Waals surface area contributed by atoms with E-state index in [-0.39, 0.29) is 18.8 Å². The Morgan fingerprint density at radius 3 is 2.46 bits per heavy atom. The number of ether oxygens (including phenoxy) is 2. The lowest BCUT2D eigenvalue weighted by atomic mass is 10.1. The van der Waals surface area contributed by atoms with Crippen molar-refractivity contribution in [1.29, 1.82) is 0 Å². The van der Waals surface area contributed by atoms with Gasteiger partial charge in [0.25, 0.3) is 0 Å². The SMILES string of the molecule is Cc1onc(-c2ccccc2)c1COc1c(F)cc(COCC(=O)O)cc1F. The van der Waals surface area contributed by atoms with E-state index in [1.807, 2.05) is 30.3 Å². The van der Waals surface area contributed by atoms with Crippen LogP contribution >= 0.6 is 0 Å². The molecule has 3 aromatic rings. The van der Waals surface area contributed by atoms with Crippen molar-refractivity contribution >= 4 is 5.97 Å². The van der Waals surface area contributed by atoms with Crippen LogP contribution in [0.4, 0.5) is 8.78 Å². The van der Waals surface area contributed by atoms with Crippen molar-refractivity contribution in [2.75, 3.05) is 6.61 Å². The smallest absolute Gasteiger partial charge is 0.329 e. The van der Waals surface area contributed by atoms with Gasteiger partial charge in [-0.05, 0) is 24.6 Å². The summed E-state index contributed by atoms with van der Waals surface area (Å²) < 4.78 is 44.0. The summed E-state index contributed by atoms with van der Waals surface area (Å²) in [5.41, 5.74) is 2.08. The number of aromatic nitrogens is 1. The Morgan fingerprint density at radius 2 is 1.82 bits per heavy atom. The maximum absolute atomic E-state index is 14.3. The molecular weight excluding hydrogens is 372 g/mol. The van der Waals surface area contributed by atoms with E-state index >= 15 is 0 Å². The molecule has 8 heteroatoms. The fourth-order valence-electron chi connectivity index (χ4n) is 2.62. The van der Waals surface area contributed by atoms with E-state index in [2.05, 4.69) is 5.16 Å². The van der Waals surface area contributed by atoms with E-state index in [9.17, 15) is 13.6 Å². The van der Waals surface area contributed by atoms with Crippen LogP contribution in [0.15, 0.2) is 47.0 Å². The summed E-state index contributed by atoms with van der Waals surface area (Å²) in [7, 11) is 0. The van der Waals surface area contributed by atoms with Gasteiger partial charge in [-0.25, -0.2) is 13.6 Å². The number of benzene rings is 2. The standard InChI is InChI=1S/C20H17F2NO5/c1-12-15(19(23-28-12)14-5-3-2-4-6-14)10-27-20-16(21)7-13(8-17(20)22)9-26-11-18(24)25/h2-8H,9-11H2,1H3,(H,24,25). The normalized spacial score (nSPS) is 10.8. The maximum atomic E-state index is 14.3. The van der Waals surface area contributed by atoms with Crippen LogP contribution in [0, 0.1) is 18.6 Å². The van der Waals surface area contributed by atoms with Gasteiger partial charge in [0.05, 0.1) is 12.2 Å². The Hall–Kier alpha value is -3.26. The average Bonchev–Trinajstić information content (AvgIpc) is 3.02. The third kappa shape index (κ3) is 4.52. The van der Waals surface area contributed by atoms with Crippen molar-refractivity contribution < 1.29 is 32.7 Å². The molecule has 2 aromatic carbocycles. The molecule has 0 amide bonds. The predicted molar refractivity (Wildman–Crippen MR) is 94.7 cm³/mol. The zero-order valence-corrected chi connectivity index (χ0v) is 14.9. The van der Waals surface area contributed by atoms with Crippen molar-refractivity contribution in [1.82, 2.24) is 5.16 Å². The minimum Gasteiger partial charge on any atom is -0.483 e. The van der Waals surface area contributed by atoms with Gasteiger partial charge in [-0.3, -0.25) is 0 Å². The van der Waals surface area contributed by atoms with E-state index < -0.39 is 30.0 Å². The van der Waals surface area contributed by atoms with Crippen molar-refractivity contribution in [3.05, 3.63) is 71.0 Å². The van der Waals surface area contributed by atoms with Gasteiger partial charge in [0, 0.05) is 5.56 Å². The van der Waals surface area contributed by atoms with Crippen LogP contribution in [0.5, 0.6) is 5.75 Å². The topological polar surface area (TPSA) is 81.8 Å². The molecule has 1 heterocycles. The molecule has 0 aliphatic rings. The van der Waals surface area contributed by atoms with E-state index in [0.717, 1.165) is 17.7 Å². The van der Waals surface area contributed by atoms with Crippen molar-refractivity contribution in [3.8, 4) is 17.0 Å². The number of rotatable bonds is 8. The van der Waals surface area contributed by atoms with E-state index in [0.29, 0.717) is 17.0 Å². The number of carbonyl (C=O) groups is 1. The lowest BCUT2D eigenvalue weighted by Crippen LogP contribution is -2.07. The predicted octanol–water partition coefficient (Wildman–Crippen LogP) is 4.11. The Kier molecular flexibility index (Phi) is 6.00. The molecule has 0 spiro atoms. The second-order valence-electron chi connectivity index (χ2n) is 6.00. The molecule has 0 unspecified atom stereocenters. The summed E-state index contributed by atoms with van der Waals surface area (Å²) in [6.07, 6.45) is 0. The van der Waals surface area contributed by atoms with Gasteiger partial charge in [-0.2, -0.15) is 0 Å². The first kappa shape index (κ1) is 19.5. The molecule has 1 aromatic heterocycles. The number of hydrogen-bond acceptors (Lipinski definition) is 5. The lowest BCUT2D eigenvalue weighted by Gasteiger charge is -2.11. The number of hydrogen-bond donors (Lipinski definition) is 1. The monoisotopic (exact) mass is 389 g/mol. The molecule has 28 heavy (non-hydrogen) atoms. The zero-order valence-electron chi connectivity index (χ0n) is 14.9. The summed E-state index contributed by atoms with van der Waals surface area (Å²) in [4.78, 5) is 10.4. The fourth-order valence-corrected chi connectivity index (χ4v) is 2.62. The van der Waals surface area contributed by atoms with Crippen molar-refractivity contribution in [3.63, 3.8) is 0 Å². The van der Waals surface area contributed by atoms with Crippen LogP contribution in [-0.4, -0.2) is 22.8 Å². The quantitative estimate of drug-likeness (QED) is 0.624. The Bertz CT molecular complexity index is 949. The van der Waals surface area contributed by atoms with Crippen LogP contribution in [0.3, 0.4) is 0 Å². The second-order valence-corrected chi connectivity index (χ2v) is 6.00. The van der Waals surface area contributed by atoms with Gasteiger partial charge in [0.15, 0.2) is 17.4 Å². The lowest BCUT2D eigenvalue weighted by molar-refractivity contribution is -0.142. The number of nitrogens with zero attached hydrogens (tertiary/aromatic N) is 1. The van der Waals surface area contributed by atoms with Crippen LogP contribution < -0.4 is 4.74 Å². The molecule has 6 nitrogen and oxygen atoms in total. The fraction of sp³-hybridized carbons (Fsp3) is 0.200. The van der Waals surface area contributed by atoms with E-state index in [1.165, 1.54) is 0 Å². The molecular formula is C20H17F2NO5. The number of aliphatic carboxylic acids is 1. The molecule has 1 N–H and O–H groups in total. The minimum atomic E-state index is -1.17. The highest BCUT2D eigenvalue weighted by Crippen LogP contribution is 2.29. The van der Waals surface area contributed by atoms with E-state index in [4.69, 9.17) is 19.1 Å². The van der Waals surface area contributed by atoms with Gasteiger partial charge in [0.2, 0.25) is 0 Å². The van der Waals surface area contributed by atoms with Crippen LogP contribution in [0.1, 0.15) is 16.9 Å². The minimum absolute atomic E-state index is 0.137. The summed E-state index contributed by atoms with van der Waals surface area (Å²) >= 11 is 0. The van der Waals surface area contributed by atoms with Crippen LogP contribution in [0.2, 0.25) is 0 Å². The number of carboxylic acid groups (broad SMARTS) is 1. The third-order valence-corrected chi connectivity index (χ3v) is 3.95. The molecule has 0 aliphatic heterocycles. The molecule has 0 aliphatic carbocycles. The van der Waals surface area contributed by atoms with Crippen LogP contribution in [0.25, 0.3) is 11.3 Å². The second kappa shape index (κ2) is 8.62. The highest BCUT2D eigenvalue weighted by atomic mass is 19.1. The van der Waals surface area contributed by atoms with Crippen LogP contribution in [-0.2, 0) is 22.7 Å². The van der Waals surface area contributed by atoms with Gasteiger partial charge in [-0.15, -0.1) is 0 Å². The van der Waals surface area contributed by atoms with Gasteiger partial charge < -0.3 is 19.1 Å². The van der Waals surface area contributed by atoms with Crippen molar-refractivity contribution in [2.45, 2.75) is 20.1 Å². The molecule has 0 bridgehead atoms. The average molecular weight is 389 g/mol. The molecule has 0 atom stereocenters. The number of carboxylic acids is 1. The highest BCUT2D eigenvalue weighted by Gasteiger charge is 2.18. The number of aryl methyl sites for hydroxylation is 1. The first-order valence-electron chi connectivity index (χ1n) is 8.36. The first-order chi connectivity index (χ1) is 13.5. The summed E-state index contributed by atoms with van der Waals surface area (Å²) in [6, 6.07) is 11.3. The summed E-state index contributed by atoms with van der Waals surface area (Å²) in [5, 5.41) is 12.5. The van der Waals surface area contributed by atoms with E-state index in [1.54, 1.807) is 6.92 Å². The first-order valence-corrected chi connectivity index (χ1v) is 8.36. The largest absolute Gasteiger partial charge is 0.483 e. The Morgan fingerprint density at radius 1 is 1.14 bits per heavy atom. The van der Waals surface area contributed by atoms with Gasteiger partial charge in [0.1, 0.15) is 24.7 Å². The maximum Gasteiger partial charge on any atom is 0.329 e. The third-order valence-electron chi connectivity index (χ3n) is 3.95. The number of halogens is 2. The molecule has 0 fully saturated rings. The molecule has 0 saturated carbocycles. The molecule has 146 valence electrons. The zero-order chi connectivity index (χ0) is 20.1. The molecule has 0 radical (unpaired) electrons. The highest BCUT2D eigenvalue weighted by molar-refractivity contribution is 5.68. The molecule has 0 saturated heterocycles. The Labute approximate surface area is 159 Å². The van der Waals surface area contributed by atoms with Gasteiger partial charge >= 0.3 is 5.97 Å². The molecule has 3 rings (SSSR count).